The van der Waals surface area contributed by atoms with E-state index < -0.39 is 0 Å². The maximum atomic E-state index is 12.7. The molecule has 0 fully saturated rings. The fraction of sp³-hybridized carbons (Fsp3) is 0.235. The highest BCUT2D eigenvalue weighted by Gasteiger charge is 2.14. The molecular formula is C17H16ClN3O. The quantitative estimate of drug-likeness (QED) is 0.743. The van der Waals surface area contributed by atoms with Crippen molar-refractivity contribution in [1.82, 2.24) is 14.5 Å². The number of hydrogen-bond donors (Lipinski definition) is 0. The van der Waals surface area contributed by atoms with Crippen molar-refractivity contribution in [3.05, 3.63) is 69.4 Å². The molecule has 0 bridgehead atoms. The van der Waals surface area contributed by atoms with Gasteiger partial charge in [-0.25, -0.2) is 9.97 Å². The number of fused-ring (bicyclic) bond motifs is 1. The summed E-state index contributed by atoms with van der Waals surface area (Å²) in [4.78, 5) is 21.3. The number of pyridine rings is 1. The lowest BCUT2D eigenvalue weighted by Gasteiger charge is -2.18. The molecule has 22 heavy (non-hydrogen) atoms. The van der Waals surface area contributed by atoms with Gasteiger partial charge in [-0.1, -0.05) is 23.7 Å². The lowest BCUT2D eigenvalue weighted by atomic mass is 10.1. The van der Waals surface area contributed by atoms with Crippen LogP contribution in [-0.4, -0.2) is 14.5 Å². The second-order valence-electron chi connectivity index (χ2n) is 5.39. The summed E-state index contributed by atoms with van der Waals surface area (Å²) in [7, 11) is 0. The van der Waals surface area contributed by atoms with E-state index in [1.54, 1.807) is 22.9 Å². The summed E-state index contributed by atoms with van der Waals surface area (Å²) in [5, 5.41) is 1.26. The number of hydrogen-bond acceptors (Lipinski definition) is 3. The predicted molar refractivity (Wildman–Crippen MR) is 88.4 cm³/mol. The number of halogens is 1. The molecule has 0 aliphatic rings. The zero-order valence-corrected chi connectivity index (χ0v) is 13.2. The first-order valence-corrected chi connectivity index (χ1v) is 7.52. The first-order chi connectivity index (χ1) is 10.6. The topological polar surface area (TPSA) is 47.8 Å². The second kappa shape index (κ2) is 5.89. The van der Waals surface area contributed by atoms with Crippen molar-refractivity contribution in [3.8, 4) is 0 Å². The maximum absolute atomic E-state index is 12.7. The van der Waals surface area contributed by atoms with Crippen LogP contribution in [0.1, 0.15) is 24.4 Å². The van der Waals surface area contributed by atoms with Gasteiger partial charge in [0, 0.05) is 17.3 Å². The summed E-state index contributed by atoms with van der Waals surface area (Å²) in [5.41, 5.74) is 1.59. The summed E-state index contributed by atoms with van der Waals surface area (Å²) in [6.45, 7) is 3.86. The standard InChI is InChI=1S/C17H16ClN3O/c1-11(10-13-5-7-14(18)8-6-13)21-12(2)20-16-15(17(21)22)4-3-9-19-16/h3-9,11H,10H2,1-2H3. The van der Waals surface area contributed by atoms with E-state index in [1.165, 1.54) is 0 Å². The molecule has 1 atom stereocenters. The first kappa shape index (κ1) is 14.7. The molecule has 0 spiro atoms. The van der Waals surface area contributed by atoms with Crippen molar-refractivity contribution >= 4 is 22.6 Å². The monoisotopic (exact) mass is 313 g/mol. The molecule has 0 saturated carbocycles. The van der Waals surface area contributed by atoms with Gasteiger partial charge in [-0.15, -0.1) is 0 Å². The fourth-order valence-corrected chi connectivity index (χ4v) is 2.83. The van der Waals surface area contributed by atoms with Gasteiger partial charge in [-0.05, 0) is 50.1 Å². The van der Waals surface area contributed by atoms with Crippen LogP contribution in [0.3, 0.4) is 0 Å². The van der Waals surface area contributed by atoms with Crippen LogP contribution in [0.5, 0.6) is 0 Å². The smallest absolute Gasteiger partial charge is 0.263 e. The molecule has 0 amide bonds. The molecule has 0 aliphatic carbocycles. The highest BCUT2D eigenvalue weighted by Crippen LogP contribution is 2.17. The summed E-state index contributed by atoms with van der Waals surface area (Å²) in [6.07, 6.45) is 2.39. The van der Waals surface area contributed by atoms with Gasteiger partial charge in [0.05, 0.1) is 5.39 Å². The van der Waals surface area contributed by atoms with E-state index in [0.717, 1.165) is 12.0 Å². The van der Waals surface area contributed by atoms with Gasteiger partial charge in [-0.2, -0.15) is 0 Å². The highest BCUT2D eigenvalue weighted by molar-refractivity contribution is 6.30. The Balaban J connectivity index is 2.01. The Labute approximate surface area is 133 Å². The average Bonchev–Trinajstić information content (AvgIpc) is 2.49. The molecule has 0 N–H and O–H groups in total. The van der Waals surface area contributed by atoms with E-state index in [0.29, 0.717) is 21.9 Å². The van der Waals surface area contributed by atoms with Gasteiger partial charge >= 0.3 is 0 Å². The van der Waals surface area contributed by atoms with Gasteiger partial charge in [0.25, 0.3) is 5.56 Å². The fourth-order valence-electron chi connectivity index (χ4n) is 2.71. The SMILES string of the molecule is Cc1nc2ncccc2c(=O)n1C(C)Cc1ccc(Cl)cc1. The molecule has 2 aromatic heterocycles. The third kappa shape index (κ3) is 2.74. The van der Waals surface area contributed by atoms with Crippen LogP contribution >= 0.6 is 11.6 Å². The Morgan fingerprint density at radius 3 is 2.68 bits per heavy atom. The van der Waals surface area contributed by atoms with Crippen molar-refractivity contribution in [2.75, 3.05) is 0 Å². The predicted octanol–water partition coefficient (Wildman–Crippen LogP) is 3.56. The molecule has 1 unspecified atom stereocenters. The van der Waals surface area contributed by atoms with E-state index in [9.17, 15) is 4.79 Å². The molecular weight excluding hydrogens is 298 g/mol. The molecule has 1 aromatic carbocycles. The van der Waals surface area contributed by atoms with Gasteiger partial charge in [0.1, 0.15) is 5.82 Å². The normalized spacial score (nSPS) is 12.5. The molecule has 5 heteroatoms. The Morgan fingerprint density at radius 1 is 1.23 bits per heavy atom. The Morgan fingerprint density at radius 2 is 1.95 bits per heavy atom. The third-order valence-electron chi connectivity index (χ3n) is 3.74. The van der Waals surface area contributed by atoms with Gasteiger partial charge in [0.2, 0.25) is 0 Å². The number of aromatic nitrogens is 3. The lowest BCUT2D eigenvalue weighted by Crippen LogP contribution is -2.28. The zero-order chi connectivity index (χ0) is 15.7. The number of benzene rings is 1. The lowest BCUT2D eigenvalue weighted by molar-refractivity contribution is 0.508. The van der Waals surface area contributed by atoms with Crippen molar-refractivity contribution in [2.45, 2.75) is 26.3 Å². The van der Waals surface area contributed by atoms with Crippen molar-refractivity contribution in [2.24, 2.45) is 0 Å². The summed E-state index contributed by atoms with van der Waals surface area (Å²) < 4.78 is 1.73. The molecule has 112 valence electrons. The van der Waals surface area contributed by atoms with Gasteiger partial charge in [0.15, 0.2) is 5.65 Å². The van der Waals surface area contributed by atoms with E-state index in [-0.39, 0.29) is 11.6 Å². The van der Waals surface area contributed by atoms with E-state index >= 15 is 0 Å². The molecule has 0 aliphatic heterocycles. The molecule has 3 aromatic rings. The van der Waals surface area contributed by atoms with Crippen molar-refractivity contribution < 1.29 is 0 Å². The second-order valence-corrected chi connectivity index (χ2v) is 5.82. The van der Waals surface area contributed by atoms with Crippen LogP contribution in [0.2, 0.25) is 5.02 Å². The van der Waals surface area contributed by atoms with Crippen molar-refractivity contribution in [1.29, 1.82) is 0 Å². The minimum absolute atomic E-state index is 0.00535. The van der Waals surface area contributed by atoms with E-state index in [2.05, 4.69) is 9.97 Å². The van der Waals surface area contributed by atoms with E-state index in [1.807, 2.05) is 38.1 Å². The molecule has 0 saturated heterocycles. The number of nitrogens with zero attached hydrogens (tertiary/aromatic N) is 3. The first-order valence-electron chi connectivity index (χ1n) is 7.14. The number of rotatable bonds is 3. The average molecular weight is 314 g/mol. The third-order valence-corrected chi connectivity index (χ3v) is 3.99. The Bertz CT molecular complexity index is 871. The minimum atomic E-state index is -0.0444. The summed E-state index contributed by atoms with van der Waals surface area (Å²) in [6, 6.07) is 11.2. The Kier molecular flexibility index (Phi) is 3.94. The molecule has 0 radical (unpaired) electrons. The number of aryl methyl sites for hydroxylation is 1. The highest BCUT2D eigenvalue weighted by atomic mass is 35.5. The van der Waals surface area contributed by atoms with Crippen LogP contribution in [0, 0.1) is 6.92 Å². The molecule has 2 heterocycles. The van der Waals surface area contributed by atoms with E-state index in [4.69, 9.17) is 11.6 Å². The summed E-state index contributed by atoms with van der Waals surface area (Å²) in [5.74, 6) is 0.678. The molecule has 3 rings (SSSR count). The Hall–Kier alpha value is -2.20. The largest absolute Gasteiger partial charge is 0.293 e. The maximum Gasteiger partial charge on any atom is 0.263 e. The van der Waals surface area contributed by atoms with Gasteiger partial charge in [-0.3, -0.25) is 9.36 Å². The van der Waals surface area contributed by atoms with Gasteiger partial charge < -0.3 is 0 Å². The summed E-state index contributed by atoms with van der Waals surface area (Å²) >= 11 is 5.91. The van der Waals surface area contributed by atoms with Crippen molar-refractivity contribution in [3.63, 3.8) is 0 Å². The minimum Gasteiger partial charge on any atom is -0.293 e. The van der Waals surface area contributed by atoms with Crippen LogP contribution in [-0.2, 0) is 6.42 Å². The van der Waals surface area contributed by atoms with Crippen LogP contribution in [0.25, 0.3) is 11.0 Å². The van der Waals surface area contributed by atoms with Crippen LogP contribution in [0.15, 0.2) is 47.4 Å². The van der Waals surface area contributed by atoms with Crippen LogP contribution in [0.4, 0.5) is 0 Å². The molecule has 4 nitrogen and oxygen atoms in total. The zero-order valence-electron chi connectivity index (χ0n) is 12.5. The van der Waals surface area contributed by atoms with Crippen LogP contribution < -0.4 is 5.56 Å².